The van der Waals surface area contributed by atoms with Gasteiger partial charge in [0.25, 0.3) is 0 Å². The maximum atomic E-state index is 13.9. The molecule has 5 nitrogen and oxygen atoms in total. The van der Waals surface area contributed by atoms with Crippen LogP contribution in [0.1, 0.15) is 22.7 Å². The van der Waals surface area contributed by atoms with E-state index in [0.717, 1.165) is 32.6 Å². The molecule has 7 heteroatoms. The minimum absolute atomic E-state index is 0.115. The summed E-state index contributed by atoms with van der Waals surface area (Å²) >= 11 is 7.69. The molecule has 0 bridgehead atoms. The second-order valence-electron chi connectivity index (χ2n) is 8.38. The van der Waals surface area contributed by atoms with Crippen molar-refractivity contribution < 1.29 is 9.59 Å². The molecule has 1 aromatic heterocycles. The number of carbonyl (C=O) groups is 2. The smallest absolute Gasteiger partial charge is 0.248 e. The predicted octanol–water partition coefficient (Wildman–Crippen LogP) is 5.64. The van der Waals surface area contributed by atoms with Crippen LogP contribution in [0.3, 0.4) is 0 Å². The predicted molar refractivity (Wildman–Crippen MR) is 138 cm³/mol. The topological polar surface area (TPSA) is 54.3 Å². The minimum atomic E-state index is -0.813. The third-order valence-corrected chi connectivity index (χ3v) is 7.59. The number of nitrogens with one attached hydrogen (secondary N) is 1. The van der Waals surface area contributed by atoms with Crippen molar-refractivity contribution in [2.45, 2.75) is 24.5 Å². The highest BCUT2D eigenvalue weighted by molar-refractivity contribution is 8.00. The quantitative estimate of drug-likeness (QED) is 0.404. The van der Waals surface area contributed by atoms with Crippen LogP contribution in [0.15, 0.2) is 77.8 Å². The highest BCUT2D eigenvalue weighted by Gasteiger charge is 2.40. The number of hydrogen-bond acceptors (Lipinski definition) is 3. The average Bonchev–Trinajstić information content (AvgIpc) is 3.02. The summed E-state index contributed by atoms with van der Waals surface area (Å²) in [7, 11) is 1.99. The lowest BCUT2D eigenvalue weighted by Crippen LogP contribution is -2.44. The maximum absolute atomic E-state index is 13.9. The van der Waals surface area contributed by atoms with Gasteiger partial charge in [-0.15, -0.1) is 0 Å². The zero-order chi connectivity index (χ0) is 23.8. The fourth-order valence-corrected chi connectivity index (χ4v) is 5.90. The first-order chi connectivity index (χ1) is 16.5. The number of anilines is 1. The summed E-state index contributed by atoms with van der Waals surface area (Å²) in [6, 6.07) is 22.4. The van der Waals surface area contributed by atoms with Crippen molar-refractivity contribution in [3.05, 3.63) is 94.5 Å². The molecule has 172 valence electrons. The van der Waals surface area contributed by atoms with Gasteiger partial charge in [-0.1, -0.05) is 71.9 Å². The van der Waals surface area contributed by atoms with E-state index in [1.807, 2.05) is 80.7 Å². The second kappa shape index (κ2) is 9.20. The van der Waals surface area contributed by atoms with Crippen molar-refractivity contribution >= 4 is 51.8 Å². The number of amides is 2. The van der Waals surface area contributed by atoms with Gasteiger partial charge in [0.2, 0.25) is 11.8 Å². The zero-order valence-corrected chi connectivity index (χ0v) is 20.5. The molecule has 0 unspecified atom stereocenters. The molecular formula is C27H24ClN3O2S. The Bertz CT molecular complexity index is 1400. The van der Waals surface area contributed by atoms with Gasteiger partial charge in [-0.3, -0.25) is 14.5 Å². The normalized spacial score (nSPS) is 15.8. The summed E-state index contributed by atoms with van der Waals surface area (Å²) in [6.45, 7) is 2.29. The molecule has 0 aliphatic carbocycles. The molecule has 1 aliphatic heterocycles. The number of rotatable bonds is 4. The number of benzene rings is 3. The molecule has 3 aromatic carbocycles. The van der Waals surface area contributed by atoms with Crippen LogP contribution in [-0.2, 0) is 23.2 Å². The van der Waals surface area contributed by atoms with Crippen molar-refractivity contribution in [1.82, 2.24) is 9.88 Å². The van der Waals surface area contributed by atoms with Gasteiger partial charge < -0.3 is 9.88 Å². The van der Waals surface area contributed by atoms with E-state index in [1.54, 1.807) is 11.0 Å². The minimum Gasteiger partial charge on any atom is -0.350 e. The Labute approximate surface area is 207 Å². The third kappa shape index (κ3) is 3.97. The number of para-hydroxylation sites is 1. The van der Waals surface area contributed by atoms with Gasteiger partial charge in [0.1, 0.15) is 6.04 Å². The van der Waals surface area contributed by atoms with Crippen LogP contribution in [0.2, 0.25) is 5.02 Å². The Balaban J connectivity index is 1.67. The summed E-state index contributed by atoms with van der Waals surface area (Å²) in [4.78, 5) is 29.1. The summed E-state index contributed by atoms with van der Waals surface area (Å²) in [6.07, 6.45) is 0. The van der Waals surface area contributed by atoms with Crippen molar-refractivity contribution in [3.8, 4) is 0 Å². The fourth-order valence-electron chi connectivity index (χ4n) is 4.60. The molecule has 0 fully saturated rings. The standard InChI is InChI=1S/C27H24ClN3O2S/c1-17-14-19(28)12-13-21(17)31-23(32)16-34-27-24(20-10-6-7-11-22(20)30(27)2)25(31)26(33)29-15-18-8-4-3-5-9-18/h3-14,25H,15-16H2,1-2H3,(H,29,33)/t25-/m0/s1. The van der Waals surface area contributed by atoms with Gasteiger partial charge in [-0.25, -0.2) is 0 Å². The van der Waals surface area contributed by atoms with Crippen LogP contribution in [0, 0.1) is 6.92 Å². The highest BCUT2D eigenvalue weighted by atomic mass is 35.5. The molecule has 0 saturated carbocycles. The molecule has 0 spiro atoms. The average molecular weight is 490 g/mol. The molecular weight excluding hydrogens is 466 g/mol. The molecule has 2 heterocycles. The van der Waals surface area contributed by atoms with Crippen molar-refractivity contribution in [3.63, 3.8) is 0 Å². The van der Waals surface area contributed by atoms with Gasteiger partial charge in [0.05, 0.1) is 10.8 Å². The van der Waals surface area contributed by atoms with Gasteiger partial charge in [0, 0.05) is 40.8 Å². The third-order valence-electron chi connectivity index (χ3n) is 6.20. The van der Waals surface area contributed by atoms with Gasteiger partial charge in [-0.2, -0.15) is 0 Å². The SMILES string of the molecule is Cc1cc(Cl)ccc1N1C(=O)CSc2c(c3ccccc3n2C)[C@H]1C(=O)NCc1ccccc1. The molecule has 1 atom stereocenters. The summed E-state index contributed by atoms with van der Waals surface area (Å²) < 4.78 is 2.08. The lowest BCUT2D eigenvalue weighted by atomic mass is 10.0. The van der Waals surface area contributed by atoms with Crippen LogP contribution in [0.5, 0.6) is 0 Å². The molecule has 0 saturated heterocycles. The van der Waals surface area contributed by atoms with E-state index in [4.69, 9.17) is 11.6 Å². The number of nitrogens with zero attached hydrogens (tertiary/aromatic N) is 2. The van der Waals surface area contributed by atoms with E-state index in [2.05, 4.69) is 9.88 Å². The fraction of sp³-hybridized carbons (Fsp3) is 0.185. The van der Waals surface area contributed by atoms with Crippen LogP contribution in [-0.4, -0.2) is 22.1 Å². The van der Waals surface area contributed by atoms with E-state index in [9.17, 15) is 9.59 Å². The summed E-state index contributed by atoms with van der Waals surface area (Å²) in [5, 5.41) is 5.58. The molecule has 1 N–H and O–H groups in total. The van der Waals surface area contributed by atoms with E-state index in [-0.39, 0.29) is 17.6 Å². The Hall–Kier alpha value is -3.22. The number of aromatic nitrogens is 1. The summed E-state index contributed by atoms with van der Waals surface area (Å²) in [5.74, 6) is -0.0935. The first kappa shape index (κ1) is 22.6. The van der Waals surface area contributed by atoms with Gasteiger partial charge in [0.15, 0.2) is 0 Å². The van der Waals surface area contributed by atoms with Crippen LogP contribution in [0.4, 0.5) is 5.69 Å². The number of aryl methyl sites for hydroxylation is 2. The molecule has 2 amide bonds. The van der Waals surface area contributed by atoms with Crippen LogP contribution in [0.25, 0.3) is 10.9 Å². The molecule has 34 heavy (non-hydrogen) atoms. The van der Waals surface area contributed by atoms with Gasteiger partial charge in [-0.05, 0) is 42.3 Å². The van der Waals surface area contributed by atoms with E-state index < -0.39 is 6.04 Å². The number of fused-ring (bicyclic) bond motifs is 3. The second-order valence-corrected chi connectivity index (χ2v) is 9.78. The molecule has 1 aliphatic rings. The number of hydrogen-bond donors (Lipinski definition) is 1. The Morgan fingerprint density at radius 3 is 2.59 bits per heavy atom. The van der Waals surface area contributed by atoms with Crippen molar-refractivity contribution in [2.24, 2.45) is 7.05 Å². The summed E-state index contributed by atoms with van der Waals surface area (Å²) in [5.41, 5.74) is 4.42. The Morgan fingerprint density at radius 2 is 1.82 bits per heavy atom. The number of halogens is 1. The molecule has 5 rings (SSSR count). The number of carbonyl (C=O) groups excluding carboxylic acids is 2. The Kier molecular flexibility index (Phi) is 6.11. The molecule has 0 radical (unpaired) electrons. The van der Waals surface area contributed by atoms with E-state index in [0.29, 0.717) is 17.3 Å². The Morgan fingerprint density at radius 1 is 1.09 bits per heavy atom. The monoisotopic (exact) mass is 489 g/mol. The first-order valence-corrected chi connectivity index (χ1v) is 12.4. The van der Waals surface area contributed by atoms with Crippen LogP contribution < -0.4 is 10.2 Å². The lowest BCUT2D eigenvalue weighted by molar-refractivity contribution is -0.125. The number of thioether (sulfide) groups is 1. The largest absolute Gasteiger partial charge is 0.350 e. The van der Waals surface area contributed by atoms with E-state index in [1.165, 1.54) is 11.8 Å². The lowest BCUT2D eigenvalue weighted by Gasteiger charge is -2.31. The molecule has 4 aromatic rings. The first-order valence-electron chi connectivity index (χ1n) is 11.1. The highest BCUT2D eigenvalue weighted by Crippen LogP contribution is 2.44. The van der Waals surface area contributed by atoms with Crippen molar-refractivity contribution in [2.75, 3.05) is 10.7 Å². The van der Waals surface area contributed by atoms with Crippen LogP contribution >= 0.6 is 23.4 Å². The maximum Gasteiger partial charge on any atom is 0.248 e. The van der Waals surface area contributed by atoms with E-state index >= 15 is 0 Å². The zero-order valence-electron chi connectivity index (χ0n) is 18.9. The van der Waals surface area contributed by atoms with Gasteiger partial charge >= 0.3 is 0 Å². The van der Waals surface area contributed by atoms with Crippen molar-refractivity contribution in [1.29, 1.82) is 0 Å².